The largest absolute Gasteiger partial charge is 0.458 e. The summed E-state index contributed by atoms with van der Waals surface area (Å²) >= 11 is 0. The van der Waals surface area contributed by atoms with Crippen LogP contribution in [0.15, 0.2) is 24.1 Å². The summed E-state index contributed by atoms with van der Waals surface area (Å²) in [6.45, 7) is 1.77. The molecule has 0 unspecified atom stereocenters. The lowest BCUT2D eigenvalue weighted by Crippen LogP contribution is -2.07. The van der Waals surface area contributed by atoms with Gasteiger partial charge in [0.15, 0.2) is 11.6 Å². The van der Waals surface area contributed by atoms with Gasteiger partial charge < -0.3 is 10.1 Å². The minimum absolute atomic E-state index is 0.0920. The molecular weight excluding hydrogens is 176 g/mol. The first-order valence-electron chi connectivity index (χ1n) is 3.77. The molecule has 1 aromatic rings. The van der Waals surface area contributed by atoms with Crippen LogP contribution < -0.4 is 10.1 Å². The molecule has 0 bridgehead atoms. The van der Waals surface area contributed by atoms with Gasteiger partial charge in [0.25, 0.3) is 0 Å². The number of allylic oxidation sites excluding steroid dienone is 1. The van der Waals surface area contributed by atoms with Crippen molar-refractivity contribution in [2.45, 2.75) is 6.92 Å². The second kappa shape index (κ2) is 2.73. The number of hydrogen-bond acceptors (Lipinski definition) is 2. The van der Waals surface area contributed by atoms with E-state index in [0.29, 0.717) is 5.69 Å². The third kappa shape index (κ3) is 1.24. The Morgan fingerprint density at radius 3 is 2.85 bits per heavy atom. The molecule has 0 atom stereocenters. The summed E-state index contributed by atoms with van der Waals surface area (Å²) in [5.74, 6) is -1.96. The number of benzene rings is 1. The van der Waals surface area contributed by atoms with E-state index in [-0.39, 0.29) is 5.75 Å². The van der Waals surface area contributed by atoms with Crippen LogP contribution in [0.2, 0.25) is 0 Å². The molecule has 0 aromatic heterocycles. The summed E-state index contributed by atoms with van der Waals surface area (Å²) in [5, 5.41) is 2.86. The van der Waals surface area contributed by atoms with Crippen molar-refractivity contribution in [3.05, 3.63) is 35.7 Å². The van der Waals surface area contributed by atoms with Crippen LogP contribution >= 0.6 is 0 Å². The predicted molar refractivity (Wildman–Crippen MR) is 44.4 cm³/mol. The van der Waals surface area contributed by atoms with E-state index in [2.05, 4.69) is 5.32 Å². The maximum atomic E-state index is 13.0. The Labute approximate surface area is 73.8 Å². The number of ether oxygens (including phenoxy) is 1. The van der Waals surface area contributed by atoms with Crippen LogP contribution in [0.3, 0.4) is 0 Å². The molecule has 0 spiro atoms. The summed E-state index contributed by atoms with van der Waals surface area (Å²) in [5.41, 5.74) is 1.19. The Bertz CT molecular complexity index is 387. The van der Waals surface area contributed by atoms with Crippen molar-refractivity contribution < 1.29 is 13.5 Å². The van der Waals surface area contributed by atoms with E-state index in [1.807, 2.05) is 0 Å². The number of anilines is 1. The normalized spacial score (nSPS) is 13.9. The second-order valence-corrected chi connectivity index (χ2v) is 2.78. The SMILES string of the molecule is CC1=COc2c(ccc(F)c2F)N1. The quantitative estimate of drug-likeness (QED) is 0.667. The lowest BCUT2D eigenvalue weighted by atomic mass is 10.2. The maximum absolute atomic E-state index is 13.0. The topological polar surface area (TPSA) is 21.3 Å². The zero-order valence-corrected chi connectivity index (χ0v) is 6.90. The zero-order valence-electron chi connectivity index (χ0n) is 6.90. The van der Waals surface area contributed by atoms with Crippen molar-refractivity contribution in [2.24, 2.45) is 0 Å². The van der Waals surface area contributed by atoms with Gasteiger partial charge in [0, 0.05) is 5.70 Å². The third-order valence-corrected chi connectivity index (χ3v) is 1.74. The molecule has 0 saturated heterocycles. The molecule has 0 aliphatic carbocycles. The molecule has 1 heterocycles. The minimum atomic E-state index is -0.964. The van der Waals surface area contributed by atoms with Crippen molar-refractivity contribution in [1.82, 2.24) is 0 Å². The molecule has 0 amide bonds. The highest BCUT2D eigenvalue weighted by molar-refractivity contribution is 5.62. The van der Waals surface area contributed by atoms with E-state index in [1.54, 1.807) is 6.92 Å². The summed E-state index contributed by atoms with van der Waals surface area (Å²) in [6.07, 6.45) is 1.34. The van der Waals surface area contributed by atoms with Gasteiger partial charge in [0.05, 0.1) is 5.69 Å². The van der Waals surface area contributed by atoms with Gasteiger partial charge in [-0.25, -0.2) is 4.39 Å². The Kier molecular flexibility index (Phi) is 1.69. The predicted octanol–water partition coefficient (Wildman–Crippen LogP) is 2.63. The summed E-state index contributed by atoms with van der Waals surface area (Å²) < 4.78 is 30.6. The Morgan fingerprint density at radius 1 is 1.31 bits per heavy atom. The Hall–Kier alpha value is -1.58. The molecule has 0 radical (unpaired) electrons. The summed E-state index contributed by atoms with van der Waals surface area (Å²) in [7, 11) is 0. The van der Waals surface area contributed by atoms with Gasteiger partial charge in [-0.15, -0.1) is 0 Å². The average Bonchev–Trinajstić information content (AvgIpc) is 2.12. The first kappa shape index (κ1) is 8.04. The molecule has 4 heteroatoms. The molecule has 1 aliphatic rings. The number of hydrogen-bond donors (Lipinski definition) is 1. The molecule has 1 N–H and O–H groups in total. The van der Waals surface area contributed by atoms with Crippen LogP contribution in [0.25, 0.3) is 0 Å². The van der Waals surface area contributed by atoms with Crippen molar-refractivity contribution >= 4 is 5.69 Å². The lowest BCUT2D eigenvalue weighted by molar-refractivity contribution is 0.409. The van der Waals surface area contributed by atoms with Gasteiger partial charge >= 0.3 is 0 Å². The molecule has 0 saturated carbocycles. The summed E-state index contributed by atoms with van der Waals surface area (Å²) in [4.78, 5) is 0. The highest BCUT2D eigenvalue weighted by atomic mass is 19.2. The minimum Gasteiger partial charge on any atom is -0.458 e. The number of rotatable bonds is 0. The van der Waals surface area contributed by atoms with E-state index in [4.69, 9.17) is 4.74 Å². The monoisotopic (exact) mass is 183 g/mol. The van der Waals surface area contributed by atoms with Gasteiger partial charge in [-0.05, 0) is 19.1 Å². The van der Waals surface area contributed by atoms with E-state index < -0.39 is 11.6 Å². The standard InChI is InChI=1S/C9H7F2NO/c1-5-4-13-9-7(12-5)3-2-6(10)8(9)11/h2-4,12H,1H3. The van der Waals surface area contributed by atoms with Gasteiger partial charge in [-0.1, -0.05) is 0 Å². The lowest BCUT2D eigenvalue weighted by Gasteiger charge is -2.17. The van der Waals surface area contributed by atoms with Crippen LogP contribution in [-0.4, -0.2) is 0 Å². The van der Waals surface area contributed by atoms with E-state index in [0.717, 1.165) is 11.8 Å². The van der Waals surface area contributed by atoms with Crippen molar-refractivity contribution in [3.8, 4) is 5.75 Å². The van der Waals surface area contributed by atoms with E-state index >= 15 is 0 Å². The number of halogens is 2. The van der Waals surface area contributed by atoms with Crippen LogP contribution in [-0.2, 0) is 0 Å². The molecule has 68 valence electrons. The molecule has 0 fully saturated rings. The first-order chi connectivity index (χ1) is 6.18. The fourth-order valence-corrected chi connectivity index (χ4v) is 1.13. The molecule has 1 aromatic carbocycles. The Balaban J connectivity index is 2.53. The third-order valence-electron chi connectivity index (χ3n) is 1.74. The molecule has 2 nitrogen and oxygen atoms in total. The smallest absolute Gasteiger partial charge is 0.203 e. The van der Waals surface area contributed by atoms with Crippen molar-refractivity contribution in [2.75, 3.05) is 5.32 Å². The zero-order chi connectivity index (χ0) is 9.42. The van der Waals surface area contributed by atoms with E-state index in [9.17, 15) is 8.78 Å². The van der Waals surface area contributed by atoms with Crippen molar-refractivity contribution in [3.63, 3.8) is 0 Å². The number of fused-ring (bicyclic) bond motifs is 1. The van der Waals surface area contributed by atoms with Crippen molar-refractivity contribution in [1.29, 1.82) is 0 Å². The van der Waals surface area contributed by atoms with Gasteiger partial charge in [-0.3, -0.25) is 0 Å². The van der Waals surface area contributed by atoms with E-state index in [1.165, 1.54) is 12.3 Å². The maximum Gasteiger partial charge on any atom is 0.203 e. The van der Waals surface area contributed by atoms with Crippen LogP contribution in [0.5, 0.6) is 5.75 Å². The van der Waals surface area contributed by atoms with Crippen LogP contribution in [0, 0.1) is 11.6 Å². The molecule has 13 heavy (non-hydrogen) atoms. The first-order valence-corrected chi connectivity index (χ1v) is 3.77. The average molecular weight is 183 g/mol. The van der Waals surface area contributed by atoms with Gasteiger partial charge in [-0.2, -0.15) is 4.39 Å². The molecule has 2 rings (SSSR count). The number of nitrogens with one attached hydrogen (secondary N) is 1. The fraction of sp³-hybridized carbons (Fsp3) is 0.111. The highest BCUT2D eigenvalue weighted by Crippen LogP contribution is 2.33. The van der Waals surface area contributed by atoms with Crippen LogP contribution in [0.1, 0.15) is 6.92 Å². The summed E-state index contributed by atoms with van der Waals surface area (Å²) in [6, 6.07) is 2.49. The molecule has 1 aliphatic heterocycles. The second-order valence-electron chi connectivity index (χ2n) is 2.78. The Morgan fingerprint density at radius 2 is 2.08 bits per heavy atom. The fourth-order valence-electron chi connectivity index (χ4n) is 1.13. The van der Waals surface area contributed by atoms with Crippen LogP contribution in [0.4, 0.5) is 14.5 Å². The van der Waals surface area contributed by atoms with Gasteiger partial charge in [0.1, 0.15) is 6.26 Å². The van der Waals surface area contributed by atoms with Gasteiger partial charge in [0.2, 0.25) is 5.82 Å². The highest BCUT2D eigenvalue weighted by Gasteiger charge is 2.17. The molecular formula is C9H7F2NO.